The van der Waals surface area contributed by atoms with Gasteiger partial charge in [0.15, 0.2) is 0 Å². The molecule has 2 aliphatic rings. The number of hydrogen-bond donors (Lipinski definition) is 2. The van der Waals surface area contributed by atoms with Crippen LogP contribution in [0, 0.1) is 5.82 Å². The lowest BCUT2D eigenvalue weighted by Crippen LogP contribution is -2.36. The molecule has 24 heavy (non-hydrogen) atoms. The van der Waals surface area contributed by atoms with Crippen LogP contribution >= 0.6 is 0 Å². The maximum Gasteiger partial charge on any atom is 0.223 e. The van der Waals surface area contributed by atoms with E-state index in [0.717, 1.165) is 41.4 Å². The molecule has 5 nitrogen and oxygen atoms in total. The monoisotopic (exact) mass is 329 g/mol. The molecule has 2 amide bonds. The quantitative estimate of drug-likeness (QED) is 0.903. The smallest absolute Gasteiger partial charge is 0.223 e. The number of nitrogens with one attached hydrogen (secondary N) is 2. The van der Waals surface area contributed by atoms with Crippen molar-refractivity contribution in [3.05, 3.63) is 35.3 Å². The number of fused-ring (bicyclic) bond motifs is 3. The first-order chi connectivity index (χ1) is 11.6. The van der Waals surface area contributed by atoms with Gasteiger partial charge in [0.1, 0.15) is 5.82 Å². The summed E-state index contributed by atoms with van der Waals surface area (Å²) in [5.74, 6) is -0.334. The number of carbonyl (C=O) groups is 2. The molecule has 0 bridgehead atoms. The fraction of sp³-hybridized carbons (Fsp3) is 0.444. The summed E-state index contributed by atoms with van der Waals surface area (Å²) in [4.78, 5) is 29.2. The van der Waals surface area contributed by atoms with Gasteiger partial charge < -0.3 is 15.2 Å². The molecule has 1 aromatic heterocycles. The highest BCUT2D eigenvalue weighted by molar-refractivity contribution is 5.87. The van der Waals surface area contributed by atoms with Gasteiger partial charge in [0.05, 0.1) is 0 Å². The number of benzene rings is 1. The number of aromatic amines is 1. The van der Waals surface area contributed by atoms with Crippen LogP contribution in [-0.2, 0) is 22.6 Å². The first-order valence-corrected chi connectivity index (χ1v) is 8.46. The number of H-pyrrole nitrogens is 1. The summed E-state index contributed by atoms with van der Waals surface area (Å²) in [5.41, 5.74) is 2.97. The van der Waals surface area contributed by atoms with E-state index in [2.05, 4.69) is 10.3 Å². The highest BCUT2D eigenvalue weighted by Crippen LogP contribution is 2.28. The predicted molar refractivity (Wildman–Crippen MR) is 87.8 cm³/mol. The molecule has 2 aromatic rings. The Morgan fingerprint density at radius 3 is 2.92 bits per heavy atom. The summed E-state index contributed by atoms with van der Waals surface area (Å²) in [7, 11) is 0. The van der Waals surface area contributed by atoms with E-state index in [0.29, 0.717) is 19.1 Å². The second-order valence-electron chi connectivity index (χ2n) is 6.68. The predicted octanol–water partition coefficient (Wildman–Crippen LogP) is 2.25. The van der Waals surface area contributed by atoms with Gasteiger partial charge in [0, 0.05) is 60.6 Å². The summed E-state index contributed by atoms with van der Waals surface area (Å²) < 4.78 is 13.5. The number of hydrogen-bond acceptors (Lipinski definition) is 2. The van der Waals surface area contributed by atoms with Crippen molar-refractivity contribution in [2.75, 3.05) is 6.54 Å². The molecule has 126 valence electrons. The minimum Gasteiger partial charge on any atom is -0.358 e. The van der Waals surface area contributed by atoms with E-state index < -0.39 is 0 Å². The van der Waals surface area contributed by atoms with Gasteiger partial charge in [-0.05, 0) is 31.0 Å². The summed E-state index contributed by atoms with van der Waals surface area (Å²) >= 11 is 0. The van der Waals surface area contributed by atoms with Gasteiger partial charge in [0.25, 0.3) is 0 Å². The van der Waals surface area contributed by atoms with Gasteiger partial charge in [-0.1, -0.05) is 0 Å². The Balaban J connectivity index is 1.43. The number of rotatable bonds is 4. The van der Waals surface area contributed by atoms with Gasteiger partial charge >= 0.3 is 0 Å². The van der Waals surface area contributed by atoms with Gasteiger partial charge in [-0.3, -0.25) is 9.59 Å². The lowest BCUT2D eigenvalue weighted by molar-refractivity contribution is -0.134. The van der Waals surface area contributed by atoms with Crippen molar-refractivity contribution in [1.82, 2.24) is 15.2 Å². The maximum absolute atomic E-state index is 13.5. The van der Waals surface area contributed by atoms with E-state index in [9.17, 15) is 14.0 Å². The second-order valence-corrected chi connectivity index (χ2v) is 6.68. The number of halogens is 1. The minimum absolute atomic E-state index is 0.0163. The summed E-state index contributed by atoms with van der Waals surface area (Å²) in [6.07, 6.45) is 3.29. The molecule has 1 aliphatic carbocycles. The van der Waals surface area contributed by atoms with Crippen LogP contribution < -0.4 is 5.32 Å². The van der Waals surface area contributed by atoms with Crippen molar-refractivity contribution in [2.24, 2.45) is 0 Å². The van der Waals surface area contributed by atoms with Crippen LogP contribution in [0.3, 0.4) is 0 Å². The Labute approximate surface area is 139 Å². The highest BCUT2D eigenvalue weighted by Gasteiger charge is 2.26. The molecule has 1 aromatic carbocycles. The van der Waals surface area contributed by atoms with Crippen molar-refractivity contribution < 1.29 is 14.0 Å². The average molecular weight is 329 g/mol. The fourth-order valence-electron chi connectivity index (χ4n) is 3.31. The molecule has 1 saturated carbocycles. The molecule has 0 atom stereocenters. The van der Waals surface area contributed by atoms with Crippen molar-refractivity contribution in [3.63, 3.8) is 0 Å². The lowest BCUT2D eigenvalue weighted by Gasteiger charge is -2.27. The summed E-state index contributed by atoms with van der Waals surface area (Å²) in [6, 6.07) is 5.01. The van der Waals surface area contributed by atoms with E-state index in [4.69, 9.17) is 0 Å². The molecule has 2 heterocycles. The summed E-state index contributed by atoms with van der Waals surface area (Å²) in [6.45, 7) is 1.10. The van der Waals surface area contributed by atoms with Crippen molar-refractivity contribution in [1.29, 1.82) is 0 Å². The Morgan fingerprint density at radius 1 is 1.29 bits per heavy atom. The SMILES string of the molecule is O=C(CCC(=O)N1CCc2[nH]c3ccc(F)cc3c2C1)NC1CC1. The van der Waals surface area contributed by atoms with E-state index in [1.807, 2.05) is 0 Å². The van der Waals surface area contributed by atoms with Crippen molar-refractivity contribution in [3.8, 4) is 0 Å². The lowest BCUT2D eigenvalue weighted by atomic mass is 10.0. The van der Waals surface area contributed by atoms with Crippen LogP contribution in [0.1, 0.15) is 36.9 Å². The van der Waals surface area contributed by atoms with E-state index in [-0.39, 0.29) is 30.5 Å². The largest absolute Gasteiger partial charge is 0.358 e. The number of amides is 2. The van der Waals surface area contributed by atoms with Crippen molar-refractivity contribution in [2.45, 2.75) is 44.7 Å². The molecule has 0 saturated heterocycles. The maximum atomic E-state index is 13.5. The molecule has 4 rings (SSSR count). The molecular formula is C18H20FN3O2. The minimum atomic E-state index is -0.274. The Hall–Kier alpha value is -2.37. The Bertz CT molecular complexity index is 810. The molecular weight excluding hydrogens is 309 g/mol. The first-order valence-electron chi connectivity index (χ1n) is 8.46. The topological polar surface area (TPSA) is 65.2 Å². The third-order valence-corrected chi connectivity index (χ3v) is 4.80. The number of carbonyl (C=O) groups excluding carboxylic acids is 2. The first kappa shape index (κ1) is 15.2. The number of nitrogens with zero attached hydrogens (tertiary/aromatic N) is 1. The normalized spacial score (nSPS) is 17.0. The summed E-state index contributed by atoms with van der Waals surface area (Å²) in [5, 5.41) is 3.74. The van der Waals surface area contributed by atoms with Crippen molar-refractivity contribution >= 4 is 22.7 Å². The molecule has 1 fully saturated rings. The fourth-order valence-corrected chi connectivity index (χ4v) is 3.31. The molecule has 0 unspecified atom stereocenters. The van der Waals surface area contributed by atoms with Gasteiger partial charge in [0.2, 0.25) is 11.8 Å². The molecule has 0 spiro atoms. The van der Waals surface area contributed by atoms with E-state index in [1.165, 1.54) is 12.1 Å². The molecule has 0 radical (unpaired) electrons. The Kier molecular flexibility index (Phi) is 3.75. The van der Waals surface area contributed by atoms with Crippen LogP contribution in [0.2, 0.25) is 0 Å². The van der Waals surface area contributed by atoms with Crippen LogP contribution in [0.25, 0.3) is 10.9 Å². The van der Waals surface area contributed by atoms with Gasteiger partial charge in [-0.2, -0.15) is 0 Å². The van der Waals surface area contributed by atoms with Gasteiger partial charge in [-0.15, -0.1) is 0 Å². The second kappa shape index (κ2) is 5.92. The number of aromatic nitrogens is 1. The Morgan fingerprint density at radius 2 is 2.12 bits per heavy atom. The zero-order valence-corrected chi connectivity index (χ0v) is 13.4. The van der Waals surface area contributed by atoms with E-state index >= 15 is 0 Å². The zero-order chi connectivity index (χ0) is 16.7. The van der Waals surface area contributed by atoms with Gasteiger partial charge in [-0.25, -0.2) is 4.39 Å². The molecule has 2 N–H and O–H groups in total. The van der Waals surface area contributed by atoms with Crippen LogP contribution in [0.15, 0.2) is 18.2 Å². The van der Waals surface area contributed by atoms with Crippen LogP contribution in [0.4, 0.5) is 4.39 Å². The molecule has 1 aliphatic heterocycles. The third-order valence-electron chi connectivity index (χ3n) is 4.80. The van der Waals surface area contributed by atoms with Crippen LogP contribution in [0.5, 0.6) is 0 Å². The molecule has 6 heteroatoms. The van der Waals surface area contributed by atoms with Crippen LogP contribution in [-0.4, -0.2) is 34.3 Å². The standard InChI is InChI=1S/C18H20FN3O2/c19-11-1-4-15-13(9-11)14-10-22(8-7-16(14)21-15)18(24)6-5-17(23)20-12-2-3-12/h1,4,9,12,21H,2-3,5-8,10H2,(H,20,23). The average Bonchev–Trinajstić information content (AvgIpc) is 3.31. The third kappa shape index (κ3) is 3.00. The van der Waals surface area contributed by atoms with E-state index in [1.54, 1.807) is 11.0 Å². The highest BCUT2D eigenvalue weighted by atomic mass is 19.1. The zero-order valence-electron chi connectivity index (χ0n) is 13.4.